The van der Waals surface area contributed by atoms with Crippen molar-refractivity contribution in [2.75, 3.05) is 5.32 Å². The van der Waals surface area contributed by atoms with E-state index in [-0.39, 0.29) is 11.6 Å². The van der Waals surface area contributed by atoms with Crippen molar-refractivity contribution in [3.8, 4) is 0 Å². The van der Waals surface area contributed by atoms with Crippen molar-refractivity contribution in [3.05, 3.63) is 57.8 Å². The van der Waals surface area contributed by atoms with Gasteiger partial charge in [0.25, 0.3) is 5.91 Å². The minimum absolute atomic E-state index is 0.199. The summed E-state index contributed by atoms with van der Waals surface area (Å²) in [5.74, 6) is -0.199. The van der Waals surface area contributed by atoms with Gasteiger partial charge < -0.3 is 15.3 Å². The van der Waals surface area contributed by atoms with Crippen LogP contribution in [0.25, 0.3) is 11.0 Å². The molecule has 3 N–H and O–H groups in total. The van der Waals surface area contributed by atoms with Gasteiger partial charge in [0.2, 0.25) is 0 Å². The van der Waals surface area contributed by atoms with Crippen LogP contribution in [0.3, 0.4) is 0 Å². The maximum absolute atomic E-state index is 12.3. The van der Waals surface area contributed by atoms with Gasteiger partial charge in [-0.3, -0.25) is 9.78 Å². The van der Waals surface area contributed by atoms with E-state index in [0.29, 0.717) is 22.3 Å². The summed E-state index contributed by atoms with van der Waals surface area (Å²) < 4.78 is 0. The number of benzene rings is 1. The summed E-state index contributed by atoms with van der Waals surface area (Å²) in [5, 5.41) is 2.83. The van der Waals surface area contributed by atoms with Crippen LogP contribution in [-0.4, -0.2) is 20.9 Å². The highest BCUT2D eigenvalue weighted by molar-refractivity contribution is 6.05. The number of nitrogens with zero attached hydrogens (tertiary/aromatic N) is 1. The van der Waals surface area contributed by atoms with Gasteiger partial charge in [-0.25, -0.2) is 4.79 Å². The number of fused-ring (bicyclic) bond motifs is 1. The van der Waals surface area contributed by atoms with Crippen LogP contribution in [0.4, 0.5) is 5.69 Å². The molecule has 0 atom stereocenters. The molecule has 0 spiro atoms. The Bertz CT molecular complexity index is 892. The van der Waals surface area contributed by atoms with Gasteiger partial charge in [-0.15, -0.1) is 0 Å². The smallest absolute Gasteiger partial charge is 0.322 e. The summed E-state index contributed by atoms with van der Waals surface area (Å²) in [7, 11) is 0. The lowest BCUT2D eigenvalue weighted by atomic mass is 10.1. The summed E-state index contributed by atoms with van der Waals surface area (Å²) in [5.41, 5.74) is 3.90. The number of H-pyrrole nitrogens is 2. The predicted octanol–water partition coefficient (Wildman–Crippen LogP) is 2.12. The van der Waals surface area contributed by atoms with Crippen molar-refractivity contribution in [1.29, 1.82) is 0 Å². The topological polar surface area (TPSA) is 90.6 Å². The van der Waals surface area contributed by atoms with E-state index in [0.717, 1.165) is 11.3 Å². The van der Waals surface area contributed by atoms with E-state index in [1.54, 1.807) is 30.5 Å². The zero-order chi connectivity index (χ0) is 15.0. The van der Waals surface area contributed by atoms with E-state index in [4.69, 9.17) is 0 Å². The van der Waals surface area contributed by atoms with E-state index in [2.05, 4.69) is 20.3 Å². The van der Waals surface area contributed by atoms with E-state index < -0.39 is 0 Å². The number of nitrogens with one attached hydrogen (secondary N) is 3. The fraction of sp³-hybridized carbons (Fsp3) is 0.133. The van der Waals surface area contributed by atoms with Gasteiger partial charge in [-0.2, -0.15) is 0 Å². The average Bonchev–Trinajstić information content (AvgIpc) is 2.80. The minimum Gasteiger partial charge on any atom is -0.322 e. The SMILES string of the molecule is Cc1cc(C(=O)Nc2ccc3[nH]c(=O)[nH]c3c2)c(C)cn1. The number of anilines is 1. The summed E-state index contributed by atoms with van der Waals surface area (Å²) in [6.07, 6.45) is 1.68. The molecule has 2 heterocycles. The molecule has 21 heavy (non-hydrogen) atoms. The fourth-order valence-corrected chi connectivity index (χ4v) is 2.18. The molecular weight excluding hydrogens is 268 g/mol. The zero-order valence-electron chi connectivity index (χ0n) is 11.7. The second-order valence-electron chi connectivity index (χ2n) is 4.93. The molecule has 1 aromatic carbocycles. The fourth-order valence-electron chi connectivity index (χ4n) is 2.18. The largest absolute Gasteiger partial charge is 0.323 e. The standard InChI is InChI=1S/C15H14N4O2/c1-8-7-16-9(2)5-11(8)14(20)17-10-3-4-12-13(6-10)19-15(21)18-12/h3-7H,1-2H3,(H,17,20)(H2,18,19,21). The molecule has 106 valence electrons. The molecule has 0 unspecified atom stereocenters. The first-order chi connectivity index (χ1) is 10.0. The van der Waals surface area contributed by atoms with E-state index in [1.807, 2.05) is 13.8 Å². The van der Waals surface area contributed by atoms with Gasteiger partial charge >= 0.3 is 5.69 Å². The zero-order valence-corrected chi connectivity index (χ0v) is 11.7. The number of amides is 1. The number of hydrogen-bond donors (Lipinski definition) is 3. The molecule has 3 rings (SSSR count). The second kappa shape index (κ2) is 4.90. The number of hydrogen-bond acceptors (Lipinski definition) is 3. The number of aryl methyl sites for hydroxylation is 2. The summed E-state index contributed by atoms with van der Waals surface area (Å²) in [6.45, 7) is 3.68. The van der Waals surface area contributed by atoms with Crippen LogP contribution in [0, 0.1) is 13.8 Å². The third-order valence-electron chi connectivity index (χ3n) is 3.26. The van der Waals surface area contributed by atoms with Crippen LogP contribution < -0.4 is 11.0 Å². The van der Waals surface area contributed by atoms with Gasteiger partial charge in [-0.1, -0.05) is 0 Å². The van der Waals surface area contributed by atoms with Crippen molar-refractivity contribution in [2.24, 2.45) is 0 Å². The first kappa shape index (κ1) is 13.1. The average molecular weight is 282 g/mol. The van der Waals surface area contributed by atoms with Crippen LogP contribution in [0.15, 0.2) is 35.3 Å². The van der Waals surface area contributed by atoms with Gasteiger partial charge in [0, 0.05) is 23.1 Å². The van der Waals surface area contributed by atoms with E-state index in [9.17, 15) is 9.59 Å². The molecule has 0 fully saturated rings. The number of aromatic nitrogens is 3. The van der Waals surface area contributed by atoms with Crippen LogP contribution >= 0.6 is 0 Å². The Morgan fingerprint density at radius 1 is 1.14 bits per heavy atom. The molecule has 6 nitrogen and oxygen atoms in total. The van der Waals surface area contributed by atoms with Gasteiger partial charge in [0.1, 0.15) is 0 Å². The maximum Gasteiger partial charge on any atom is 0.323 e. The summed E-state index contributed by atoms with van der Waals surface area (Å²) >= 11 is 0. The van der Waals surface area contributed by atoms with Crippen molar-refractivity contribution >= 4 is 22.6 Å². The summed E-state index contributed by atoms with van der Waals surface area (Å²) in [4.78, 5) is 33.0. The molecule has 0 aliphatic carbocycles. The number of imidazole rings is 1. The number of aromatic amines is 2. The Labute approximate surface area is 120 Å². The second-order valence-corrected chi connectivity index (χ2v) is 4.93. The van der Waals surface area contributed by atoms with Crippen molar-refractivity contribution in [2.45, 2.75) is 13.8 Å². The lowest BCUT2D eigenvalue weighted by Crippen LogP contribution is -2.14. The van der Waals surface area contributed by atoms with Crippen molar-refractivity contribution in [3.63, 3.8) is 0 Å². The summed E-state index contributed by atoms with van der Waals surface area (Å²) in [6, 6.07) is 6.96. The van der Waals surface area contributed by atoms with Gasteiger partial charge in [-0.05, 0) is 43.7 Å². The van der Waals surface area contributed by atoms with Crippen LogP contribution in [-0.2, 0) is 0 Å². The predicted molar refractivity (Wildman–Crippen MR) is 80.6 cm³/mol. The third-order valence-corrected chi connectivity index (χ3v) is 3.26. The molecule has 0 aliphatic heterocycles. The number of pyridine rings is 1. The highest BCUT2D eigenvalue weighted by Crippen LogP contribution is 2.16. The molecule has 2 aromatic heterocycles. The number of rotatable bonds is 2. The van der Waals surface area contributed by atoms with Crippen LogP contribution in [0.5, 0.6) is 0 Å². The first-order valence-corrected chi connectivity index (χ1v) is 6.49. The maximum atomic E-state index is 12.3. The van der Waals surface area contributed by atoms with Crippen molar-refractivity contribution < 1.29 is 4.79 Å². The third kappa shape index (κ3) is 2.55. The Balaban J connectivity index is 1.92. The van der Waals surface area contributed by atoms with E-state index in [1.165, 1.54) is 0 Å². The number of carbonyl (C=O) groups excluding carboxylic acids is 1. The van der Waals surface area contributed by atoms with Gasteiger partial charge in [0.05, 0.1) is 11.0 Å². The highest BCUT2D eigenvalue weighted by atomic mass is 16.2. The highest BCUT2D eigenvalue weighted by Gasteiger charge is 2.10. The van der Waals surface area contributed by atoms with Gasteiger partial charge in [0.15, 0.2) is 0 Å². The Morgan fingerprint density at radius 3 is 2.71 bits per heavy atom. The van der Waals surface area contributed by atoms with Crippen LogP contribution in [0.2, 0.25) is 0 Å². The lowest BCUT2D eigenvalue weighted by molar-refractivity contribution is 0.102. The first-order valence-electron chi connectivity index (χ1n) is 6.49. The molecule has 0 saturated heterocycles. The molecule has 0 aliphatic rings. The molecule has 1 amide bonds. The molecule has 6 heteroatoms. The molecule has 0 saturated carbocycles. The normalized spacial score (nSPS) is 10.8. The molecular formula is C15H14N4O2. The lowest BCUT2D eigenvalue weighted by Gasteiger charge is -2.08. The quantitative estimate of drug-likeness (QED) is 0.672. The van der Waals surface area contributed by atoms with E-state index >= 15 is 0 Å². The molecule has 3 aromatic rings. The Hall–Kier alpha value is -2.89. The molecule has 0 bridgehead atoms. The molecule has 0 radical (unpaired) electrons. The number of carbonyl (C=O) groups is 1. The Kier molecular flexibility index (Phi) is 3.06. The Morgan fingerprint density at radius 2 is 1.90 bits per heavy atom. The minimum atomic E-state index is -0.269. The van der Waals surface area contributed by atoms with Crippen LogP contribution in [0.1, 0.15) is 21.6 Å². The monoisotopic (exact) mass is 282 g/mol. The van der Waals surface area contributed by atoms with Crippen molar-refractivity contribution in [1.82, 2.24) is 15.0 Å².